The molecule has 0 aliphatic carbocycles. The lowest BCUT2D eigenvalue weighted by Crippen LogP contribution is -2.19. The van der Waals surface area contributed by atoms with Crippen molar-refractivity contribution in [3.8, 4) is 17.2 Å². The topological polar surface area (TPSA) is 72.4 Å². The zero-order valence-electron chi connectivity index (χ0n) is 19.1. The maximum Gasteiger partial charge on any atom is 0.145 e. The maximum atomic E-state index is 15.4. The molecule has 8 heteroatoms. The third-order valence-electron chi connectivity index (χ3n) is 5.16. The molecule has 0 fully saturated rings. The van der Waals surface area contributed by atoms with Crippen LogP contribution in [0.2, 0.25) is 0 Å². The van der Waals surface area contributed by atoms with Gasteiger partial charge in [0.25, 0.3) is 0 Å². The molecule has 2 heterocycles. The van der Waals surface area contributed by atoms with Gasteiger partial charge in [-0.15, -0.1) is 0 Å². The van der Waals surface area contributed by atoms with Gasteiger partial charge in [0.2, 0.25) is 0 Å². The first-order valence-corrected chi connectivity index (χ1v) is 10.6. The van der Waals surface area contributed by atoms with Gasteiger partial charge in [-0.1, -0.05) is 0 Å². The zero-order valence-corrected chi connectivity index (χ0v) is 19.1. The van der Waals surface area contributed by atoms with Crippen molar-refractivity contribution in [2.75, 3.05) is 32.6 Å². The molecular weight excluding hydrogens is 421 g/mol. The number of hydrogen-bond donors (Lipinski definition) is 1. The maximum absolute atomic E-state index is 15.4. The van der Waals surface area contributed by atoms with Crippen molar-refractivity contribution in [1.29, 1.82) is 0 Å². The minimum atomic E-state index is -0.399. The molecule has 170 valence electrons. The number of pyridine rings is 1. The van der Waals surface area contributed by atoms with Crippen molar-refractivity contribution in [3.05, 3.63) is 72.1 Å². The molecule has 0 unspecified atom stereocenters. The Morgan fingerprint density at radius 1 is 1.06 bits per heavy atom. The van der Waals surface area contributed by atoms with Crippen molar-refractivity contribution < 1.29 is 13.9 Å². The second-order valence-corrected chi connectivity index (χ2v) is 7.98. The fourth-order valence-corrected chi connectivity index (χ4v) is 3.35. The van der Waals surface area contributed by atoms with Gasteiger partial charge in [0.15, 0.2) is 0 Å². The summed E-state index contributed by atoms with van der Waals surface area (Å²) in [5.74, 6) is 1.84. The number of aryl methyl sites for hydroxylation is 1. The molecule has 4 rings (SSSR count). The quantitative estimate of drug-likeness (QED) is 0.395. The van der Waals surface area contributed by atoms with Crippen LogP contribution >= 0.6 is 0 Å². The molecule has 0 aliphatic heterocycles. The van der Waals surface area contributed by atoms with Gasteiger partial charge in [-0.05, 0) is 63.8 Å². The molecule has 2 aromatic carbocycles. The van der Waals surface area contributed by atoms with E-state index in [9.17, 15) is 0 Å². The molecule has 4 aromatic rings. The number of halogens is 1. The fourth-order valence-electron chi connectivity index (χ4n) is 3.35. The average Bonchev–Trinajstić information content (AvgIpc) is 2.79. The van der Waals surface area contributed by atoms with E-state index in [4.69, 9.17) is 9.47 Å². The van der Waals surface area contributed by atoms with Gasteiger partial charge in [-0.3, -0.25) is 4.98 Å². The lowest BCUT2D eigenvalue weighted by atomic mass is 10.1. The Bertz CT molecular complexity index is 1260. The standard InChI is InChI=1S/C25H26FN5O2/c1-16-12-18(7-8-21(16)33-19-6-5-9-27-14-19)30-25-23-20(28-15-29-25)13-22(17(2)24(23)26)32-11-10-31(3)4/h5-9,12-15H,10-11H2,1-4H3,(H,28,29,30). The van der Waals surface area contributed by atoms with Crippen LogP contribution in [0.1, 0.15) is 11.1 Å². The Labute approximate surface area is 192 Å². The number of anilines is 2. The van der Waals surface area contributed by atoms with Crippen LogP contribution in [-0.2, 0) is 0 Å². The van der Waals surface area contributed by atoms with Crippen LogP contribution in [0.5, 0.6) is 17.2 Å². The van der Waals surface area contributed by atoms with Crippen LogP contribution in [0.4, 0.5) is 15.9 Å². The van der Waals surface area contributed by atoms with E-state index < -0.39 is 5.82 Å². The van der Waals surface area contributed by atoms with Crippen molar-refractivity contribution in [2.24, 2.45) is 0 Å². The summed E-state index contributed by atoms with van der Waals surface area (Å²) in [7, 11) is 3.92. The first-order chi connectivity index (χ1) is 15.9. The second-order valence-electron chi connectivity index (χ2n) is 7.98. The summed E-state index contributed by atoms with van der Waals surface area (Å²) in [6.45, 7) is 4.83. The van der Waals surface area contributed by atoms with Gasteiger partial charge in [0.05, 0.1) is 17.1 Å². The Balaban J connectivity index is 1.60. The Kier molecular flexibility index (Phi) is 6.65. The van der Waals surface area contributed by atoms with Crippen molar-refractivity contribution in [2.45, 2.75) is 13.8 Å². The van der Waals surface area contributed by atoms with Crippen LogP contribution in [-0.4, -0.2) is 47.1 Å². The molecule has 2 aromatic heterocycles. The number of hydrogen-bond acceptors (Lipinski definition) is 7. The van der Waals surface area contributed by atoms with E-state index >= 15 is 4.39 Å². The largest absolute Gasteiger partial charge is 0.492 e. The van der Waals surface area contributed by atoms with Crippen LogP contribution in [0, 0.1) is 19.7 Å². The third kappa shape index (κ3) is 5.18. The molecule has 0 aliphatic rings. The predicted octanol–water partition coefficient (Wildman–Crippen LogP) is 5.26. The van der Waals surface area contributed by atoms with Crippen molar-refractivity contribution in [3.63, 3.8) is 0 Å². The highest BCUT2D eigenvalue weighted by molar-refractivity contribution is 5.93. The molecule has 1 N–H and O–H groups in total. The normalized spacial score (nSPS) is 11.1. The Morgan fingerprint density at radius 2 is 1.91 bits per heavy atom. The number of aromatic nitrogens is 3. The Hall–Kier alpha value is -3.78. The van der Waals surface area contributed by atoms with E-state index in [1.54, 1.807) is 25.4 Å². The third-order valence-corrected chi connectivity index (χ3v) is 5.16. The van der Waals surface area contributed by atoms with Crippen LogP contribution in [0.15, 0.2) is 55.1 Å². The molecule has 33 heavy (non-hydrogen) atoms. The molecule has 0 saturated carbocycles. The summed E-state index contributed by atoms with van der Waals surface area (Å²) in [6.07, 6.45) is 4.76. The van der Waals surface area contributed by atoms with E-state index in [1.165, 1.54) is 6.33 Å². The SMILES string of the molecule is Cc1cc(Nc2ncnc3cc(OCCN(C)C)c(C)c(F)c23)ccc1Oc1cccnc1. The molecule has 0 atom stereocenters. The van der Waals surface area contributed by atoms with E-state index in [2.05, 4.69) is 20.3 Å². The van der Waals surface area contributed by atoms with Crippen LogP contribution < -0.4 is 14.8 Å². The number of fused-ring (bicyclic) bond motifs is 1. The lowest BCUT2D eigenvalue weighted by Gasteiger charge is -2.16. The minimum absolute atomic E-state index is 0.322. The summed E-state index contributed by atoms with van der Waals surface area (Å²) >= 11 is 0. The minimum Gasteiger partial charge on any atom is -0.492 e. The van der Waals surface area contributed by atoms with E-state index in [0.717, 1.165) is 17.8 Å². The molecule has 0 spiro atoms. The number of likely N-dealkylation sites (N-methyl/N-ethyl adjacent to an activating group) is 1. The number of ether oxygens (including phenoxy) is 2. The first-order valence-electron chi connectivity index (χ1n) is 10.6. The lowest BCUT2D eigenvalue weighted by molar-refractivity contribution is 0.259. The van der Waals surface area contributed by atoms with Gasteiger partial charge >= 0.3 is 0 Å². The zero-order chi connectivity index (χ0) is 23.4. The number of rotatable bonds is 8. The van der Waals surface area contributed by atoms with Gasteiger partial charge in [0.1, 0.15) is 41.8 Å². The van der Waals surface area contributed by atoms with Crippen LogP contribution in [0.3, 0.4) is 0 Å². The number of benzene rings is 2. The predicted molar refractivity (Wildman–Crippen MR) is 127 cm³/mol. The van der Waals surface area contributed by atoms with E-state index in [-0.39, 0.29) is 0 Å². The van der Waals surface area contributed by atoms with E-state index in [0.29, 0.717) is 46.1 Å². The smallest absolute Gasteiger partial charge is 0.145 e. The highest BCUT2D eigenvalue weighted by atomic mass is 19.1. The number of nitrogens with one attached hydrogen (secondary N) is 1. The highest BCUT2D eigenvalue weighted by Crippen LogP contribution is 2.34. The molecule has 7 nitrogen and oxygen atoms in total. The summed E-state index contributed by atoms with van der Waals surface area (Å²) < 4.78 is 27.0. The van der Waals surface area contributed by atoms with Crippen LogP contribution in [0.25, 0.3) is 10.9 Å². The molecule has 0 amide bonds. The van der Waals surface area contributed by atoms with E-state index in [1.807, 2.05) is 56.3 Å². The highest BCUT2D eigenvalue weighted by Gasteiger charge is 2.17. The molecule has 0 bridgehead atoms. The first kappa shape index (κ1) is 22.4. The average molecular weight is 448 g/mol. The Morgan fingerprint density at radius 3 is 2.64 bits per heavy atom. The molecular formula is C25H26FN5O2. The van der Waals surface area contributed by atoms with Crippen molar-refractivity contribution >= 4 is 22.4 Å². The summed E-state index contributed by atoms with van der Waals surface area (Å²) in [5, 5.41) is 3.54. The van der Waals surface area contributed by atoms with Gasteiger partial charge < -0.3 is 19.7 Å². The summed E-state index contributed by atoms with van der Waals surface area (Å²) in [6, 6.07) is 11.0. The van der Waals surface area contributed by atoms with Gasteiger partial charge in [-0.2, -0.15) is 0 Å². The van der Waals surface area contributed by atoms with Gasteiger partial charge in [0, 0.05) is 30.1 Å². The molecule has 0 radical (unpaired) electrons. The summed E-state index contributed by atoms with van der Waals surface area (Å²) in [4.78, 5) is 14.6. The van der Waals surface area contributed by atoms with Gasteiger partial charge in [-0.25, -0.2) is 14.4 Å². The second kappa shape index (κ2) is 9.79. The fraction of sp³-hybridized carbons (Fsp3) is 0.240. The number of nitrogens with zero attached hydrogens (tertiary/aromatic N) is 4. The molecule has 0 saturated heterocycles. The van der Waals surface area contributed by atoms with Crippen molar-refractivity contribution in [1.82, 2.24) is 19.9 Å². The monoisotopic (exact) mass is 447 g/mol. The summed E-state index contributed by atoms with van der Waals surface area (Å²) in [5.41, 5.74) is 2.57.